The molecule has 5 heteroatoms. The van der Waals surface area contributed by atoms with Crippen molar-refractivity contribution in [3.8, 4) is 5.75 Å². The summed E-state index contributed by atoms with van der Waals surface area (Å²) in [5.74, 6) is -1.33. The second kappa shape index (κ2) is 8.80. The molecule has 2 bridgehead atoms. The van der Waals surface area contributed by atoms with Gasteiger partial charge in [-0.15, -0.1) is 0 Å². The maximum Gasteiger partial charge on any atom is 0.239 e. The van der Waals surface area contributed by atoms with Crippen molar-refractivity contribution < 1.29 is 19.1 Å². The van der Waals surface area contributed by atoms with Gasteiger partial charge in [-0.3, -0.25) is 14.4 Å². The number of allylic oxidation sites excluding steroid dienone is 2. The highest BCUT2D eigenvalue weighted by Crippen LogP contribution is 2.75. The lowest BCUT2D eigenvalue weighted by Crippen LogP contribution is -2.41. The summed E-state index contributed by atoms with van der Waals surface area (Å²) in [6.45, 7) is 6.40. The van der Waals surface area contributed by atoms with E-state index < -0.39 is 22.7 Å². The van der Waals surface area contributed by atoms with Crippen molar-refractivity contribution in [2.24, 2.45) is 22.7 Å². The van der Waals surface area contributed by atoms with Crippen LogP contribution in [0.5, 0.6) is 5.75 Å². The van der Waals surface area contributed by atoms with Crippen LogP contribution in [0.15, 0.2) is 84.9 Å². The molecule has 0 spiro atoms. The molecule has 0 aromatic heterocycles. The molecule has 1 saturated heterocycles. The van der Waals surface area contributed by atoms with Crippen LogP contribution >= 0.6 is 0 Å². The van der Waals surface area contributed by atoms with Gasteiger partial charge in [0.2, 0.25) is 11.8 Å². The summed E-state index contributed by atoms with van der Waals surface area (Å²) in [4.78, 5) is 44.6. The lowest BCUT2D eigenvalue weighted by atomic mass is 9.60. The highest BCUT2D eigenvalue weighted by molar-refractivity contribution is 6.34. The molecule has 4 unspecified atom stereocenters. The molecule has 0 N–H and O–H groups in total. The molecule has 5 nitrogen and oxygen atoms in total. The van der Waals surface area contributed by atoms with Crippen molar-refractivity contribution in [3.63, 3.8) is 0 Å². The number of Topliss-reactive ketones (excluding diaryl/α,β-unsaturated/α-hetero) is 1. The number of hydrogen-bond acceptors (Lipinski definition) is 4. The van der Waals surface area contributed by atoms with E-state index in [1.54, 1.807) is 24.3 Å². The molecule has 2 fully saturated rings. The normalized spacial score (nSPS) is 27.9. The Labute approximate surface area is 223 Å². The number of ether oxygens (including phenoxy) is 1. The number of fused-ring (bicyclic) bond motifs is 5. The lowest BCUT2D eigenvalue weighted by molar-refractivity contribution is -0.134. The second-order valence-electron chi connectivity index (χ2n) is 10.4. The van der Waals surface area contributed by atoms with E-state index in [1.165, 1.54) is 4.90 Å². The zero-order valence-electron chi connectivity index (χ0n) is 21.9. The van der Waals surface area contributed by atoms with E-state index in [1.807, 2.05) is 81.4 Å². The maximum absolute atomic E-state index is 14.7. The van der Waals surface area contributed by atoms with Crippen LogP contribution < -0.4 is 9.64 Å². The van der Waals surface area contributed by atoms with Crippen LogP contribution in [-0.4, -0.2) is 24.2 Å². The van der Waals surface area contributed by atoms with E-state index in [0.29, 0.717) is 30.9 Å². The number of imide groups is 1. The van der Waals surface area contributed by atoms with E-state index in [9.17, 15) is 14.4 Å². The second-order valence-corrected chi connectivity index (χ2v) is 10.4. The van der Waals surface area contributed by atoms with Crippen LogP contribution in [0.2, 0.25) is 0 Å². The van der Waals surface area contributed by atoms with Crippen LogP contribution in [0.3, 0.4) is 0 Å². The summed E-state index contributed by atoms with van der Waals surface area (Å²) in [5, 5.41) is 0. The van der Waals surface area contributed by atoms with Crippen LogP contribution in [0, 0.1) is 22.7 Å². The van der Waals surface area contributed by atoms with E-state index >= 15 is 0 Å². The highest BCUT2D eigenvalue weighted by Gasteiger charge is 2.80. The third kappa shape index (κ3) is 2.90. The number of carbonyl (C=O) groups is 3. The summed E-state index contributed by atoms with van der Waals surface area (Å²) >= 11 is 0. The summed E-state index contributed by atoms with van der Waals surface area (Å²) < 4.78 is 5.56. The van der Waals surface area contributed by atoms with Gasteiger partial charge in [0.05, 0.1) is 35.0 Å². The number of ketones is 1. The van der Waals surface area contributed by atoms with E-state index in [2.05, 4.69) is 0 Å². The third-order valence-electron chi connectivity index (χ3n) is 8.97. The predicted molar refractivity (Wildman–Crippen MR) is 147 cm³/mol. The first kappa shape index (κ1) is 24.4. The first-order chi connectivity index (χ1) is 18.5. The van der Waals surface area contributed by atoms with Crippen LogP contribution in [0.25, 0.3) is 11.1 Å². The molecule has 4 atom stereocenters. The molecule has 3 aromatic carbocycles. The fourth-order valence-electron chi connectivity index (χ4n) is 7.57. The molecule has 2 amide bonds. The first-order valence-electron chi connectivity index (χ1n) is 13.5. The van der Waals surface area contributed by atoms with Crippen molar-refractivity contribution in [2.75, 3.05) is 11.5 Å². The van der Waals surface area contributed by atoms with Gasteiger partial charge in [0.1, 0.15) is 5.75 Å². The molecule has 6 rings (SSSR count). The van der Waals surface area contributed by atoms with Crippen molar-refractivity contribution >= 4 is 34.4 Å². The fraction of sp³-hybridized carbons (Fsp3) is 0.303. The summed E-state index contributed by atoms with van der Waals surface area (Å²) in [6, 6.07) is 26.9. The number of hydrogen-bond donors (Lipinski definition) is 0. The SMILES string of the molecule is CCOc1ccc(N2C(=O)C3C(C2=O)C2(CC)C(=O)C3(CC)C(c3ccccc3)=C2c2ccccc2)cc1. The Hall–Kier alpha value is -3.99. The summed E-state index contributed by atoms with van der Waals surface area (Å²) in [5.41, 5.74) is 2.08. The standard InChI is InChI=1S/C33H31NO4/c1-4-32-25(21-13-9-7-10-14-21)26(22-15-11-8-12-16-22)33(5-2,31(32)37)28-27(32)29(35)34(30(28)36)23-17-19-24(20-18-23)38-6-3/h7-20,27-28H,4-6H2,1-3H3. The number of nitrogens with zero attached hydrogens (tertiary/aromatic N) is 1. The average Bonchev–Trinajstić information content (AvgIpc) is 3.46. The Morgan fingerprint density at radius 3 is 1.50 bits per heavy atom. The monoisotopic (exact) mass is 505 g/mol. The Kier molecular flexibility index (Phi) is 5.64. The fourth-order valence-corrected chi connectivity index (χ4v) is 7.57. The molecular weight excluding hydrogens is 474 g/mol. The lowest BCUT2D eigenvalue weighted by Gasteiger charge is -2.38. The molecule has 3 aromatic rings. The van der Waals surface area contributed by atoms with Crippen molar-refractivity contribution in [1.82, 2.24) is 0 Å². The minimum Gasteiger partial charge on any atom is -0.494 e. The van der Waals surface area contributed by atoms with Gasteiger partial charge in [0.15, 0.2) is 5.78 Å². The summed E-state index contributed by atoms with van der Waals surface area (Å²) in [6.07, 6.45) is 0.900. The number of rotatable bonds is 7. The van der Waals surface area contributed by atoms with Crippen LogP contribution in [0.1, 0.15) is 44.7 Å². The number of carbonyl (C=O) groups excluding carboxylic acids is 3. The van der Waals surface area contributed by atoms with E-state index in [4.69, 9.17) is 4.74 Å². The van der Waals surface area contributed by atoms with Crippen LogP contribution in [0.4, 0.5) is 5.69 Å². The van der Waals surface area contributed by atoms with Crippen molar-refractivity contribution in [3.05, 3.63) is 96.1 Å². The molecule has 38 heavy (non-hydrogen) atoms. The van der Waals surface area contributed by atoms with Gasteiger partial charge >= 0.3 is 0 Å². The van der Waals surface area contributed by atoms with Gasteiger partial charge in [-0.2, -0.15) is 0 Å². The zero-order chi connectivity index (χ0) is 26.7. The number of amides is 2. The molecule has 1 heterocycles. The molecule has 192 valence electrons. The van der Waals surface area contributed by atoms with Gasteiger partial charge in [0, 0.05) is 0 Å². The average molecular weight is 506 g/mol. The topological polar surface area (TPSA) is 63.7 Å². The van der Waals surface area contributed by atoms with Gasteiger partial charge in [0.25, 0.3) is 0 Å². The smallest absolute Gasteiger partial charge is 0.239 e. The number of benzene rings is 3. The first-order valence-corrected chi connectivity index (χ1v) is 13.5. The Balaban J connectivity index is 1.60. The van der Waals surface area contributed by atoms with Crippen LogP contribution in [-0.2, 0) is 14.4 Å². The Morgan fingerprint density at radius 2 is 1.11 bits per heavy atom. The third-order valence-corrected chi connectivity index (χ3v) is 8.97. The molecule has 0 radical (unpaired) electrons. The predicted octanol–water partition coefficient (Wildman–Crippen LogP) is 6.19. The van der Waals surface area contributed by atoms with Crippen molar-refractivity contribution in [1.29, 1.82) is 0 Å². The highest BCUT2D eigenvalue weighted by atomic mass is 16.5. The van der Waals surface area contributed by atoms with Gasteiger partial charge in [-0.05, 0) is 66.3 Å². The molecule has 3 aliphatic rings. The van der Waals surface area contributed by atoms with Crippen molar-refractivity contribution in [2.45, 2.75) is 33.6 Å². The van der Waals surface area contributed by atoms with Gasteiger partial charge < -0.3 is 4.74 Å². The van der Waals surface area contributed by atoms with Gasteiger partial charge in [-0.1, -0.05) is 74.5 Å². The Morgan fingerprint density at radius 1 is 0.658 bits per heavy atom. The largest absolute Gasteiger partial charge is 0.494 e. The molecule has 2 aliphatic carbocycles. The van der Waals surface area contributed by atoms with E-state index in [0.717, 1.165) is 22.3 Å². The Bertz CT molecular complexity index is 1370. The minimum atomic E-state index is -1.07. The molecule has 1 aliphatic heterocycles. The summed E-state index contributed by atoms with van der Waals surface area (Å²) in [7, 11) is 0. The van der Waals surface area contributed by atoms with Gasteiger partial charge in [-0.25, -0.2) is 4.90 Å². The maximum atomic E-state index is 14.7. The minimum absolute atomic E-state index is 0.0238. The van der Waals surface area contributed by atoms with E-state index in [-0.39, 0.29) is 17.6 Å². The zero-order valence-corrected chi connectivity index (χ0v) is 21.9. The number of anilines is 1. The molecule has 1 saturated carbocycles. The molecular formula is C33H31NO4. The quantitative estimate of drug-likeness (QED) is 0.359.